The Labute approximate surface area is 224 Å². The molecular weight excluding hydrogens is 456 g/mol. The van der Waals surface area contributed by atoms with Gasteiger partial charge in [-0.1, -0.05) is 158 Å². The molecule has 0 heteroatoms. The quantitative estimate of drug-likeness (QED) is 0.228. The number of fused-ring (bicyclic) bond motifs is 3. The van der Waals surface area contributed by atoms with Gasteiger partial charge in [0, 0.05) is 0 Å². The van der Waals surface area contributed by atoms with Crippen molar-refractivity contribution in [2.45, 2.75) is 11.8 Å². The zero-order valence-electron chi connectivity index (χ0n) is 21.2. The minimum Gasteiger partial charge on any atom is -0.0622 e. The van der Waals surface area contributed by atoms with Gasteiger partial charge in [-0.25, -0.2) is 0 Å². The summed E-state index contributed by atoms with van der Waals surface area (Å²) in [6, 6.07) is 57.7. The SMILES string of the molecule is c1ccc(-c2ccc(Cc3ccc(C4(c5ccccc5)c5ccccc5-c5ccccc54)cc3)cc2)cc1. The largest absolute Gasteiger partial charge is 0.0713 e. The first-order chi connectivity index (χ1) is 18.8. The molecule has 6 aromatic carbocycles. The summed E-state index contributed by atoms with van der Waals surface area (Å²) in [5.74, 6) is 0. The van der Waals surface area contributed by atoms with E-state index in [-0.39, 0.29) is 5.41 Å². The van der Waals surface area contributed by atoms with Crippen LogP contribution in [-0.2, 0) is 11.8 Å². The third kappa shape index (κ3) is 3.61. The summed E-state index contributed by atoms with van der Waals surface area (Å²) < 4.78 is 0. The Kier molecular flexibility index (Phi) is 5.52. The molecule has 0 aromatic heterocycles. The Morgan fingerprint density at radius 3 is 1.34 bits per heavy atom. The smallest absolute Gasteiger partial charge is 0.0622 e. The van der Waals surface area contributed by atoms with E-state index in [1.54, 1.807) is 0 Å². The van der Waals surface area contributed by atoms with Crippen LogP contribution in [0.4, 0.5) is 0 Å². The van der Waals surface area contributed by atoms with E-state index in [0.717, 1.165) is 6.42 Å². The molecule has 0 heterocycles. The van der Waals surface area contributed by atoms with Gasteiger partial charge in [0.15, 0.2) is 0 Å². The summed E-state index contributed by atoms with van der Waals surface area (Å²) in [5, 5.41) is 0. The molecule has 0 saturated heterocycles. The monoisotopic (exact) mass is 484 g/mol. The molecule has 0 spiro atoms. The summed E-state index contributed by atoms with van der Waals surface area (Å²) in [7, 11) is 0. The van der Waals surface area contributed by atoms with Gasteiger partial charge < -0.3 is 0 Å². The van der Waals surface area contributed by atoms with Gasteiger partial charge in [0.05, 0.1) is 5.41 Å². The van der Waals surface area contributed by atoms with Gasteiger partial charge in [-0.3, -0.25) is 0 Å². The Morgan fingerprint density at radius 1 is 0.342 bits per heavy atom. The first kappa shape index (κ1) is 22.5. The van der Waals surface area contributed by atoms with Crippen molar-refractivity contribution in [1.82, 2.24) is 0 Å². The van der Waals surface area contributed by atoms with Gasteiger partial charge in [0.25, 0.3) is 0 Å². The third-order valence-electron chi connectivity index (χ3n) is 8.02. The Balaban J connectivity index is 1.29. The number of hydrogen-bond donors (Lipinski definition) is 0. The first-order valence-electron chi connectivity index (χ1n) is 13.3. The lowest BCUT2D eigenvalue weighted by atomic mass is 9.67. The molecule has 180 valence electrons. The molecule has 0 atom stereocenters. The van der Waals surface area contributed by atoms with Crippen molar-refractivity contribution in [3.8, 4) is 22.3 Å². The van der Waals surface area contributed by atoms with Gasteiger partial charge in [-0.05, 0) is 62.1 Å². The summed E-state index contributed by atoms with van der Waals surface area (Å²) >= 11 is 0. The molecule has 0 nitrogen and oxygen atoms in total. The van der Waals surface area contributed by atoms with Crippen LogP contribution in [0.3, 0.4) is 0 Å². The maximum Gasteiger partial charge on any atom is 0.0713 e. The van der Waals surface area contributed by atoms with Crippen molar-refractivity contribution in [3.05, 3.63) is 191 Å². The second-order valence-corrected chi connectivity index (χ2v) is 10.1. The topological polar surface area (TPSA) is 0 Å². The van der Waals surface area contributed by atoms with Gasteiger partial charge in [0.1, 0.15) is 0 Å². The number of rotatable bonds is 5. The number of benzene rings is 6. The lowest BCUT2D eigenvalue weighted by molar-refractivity contribution is 0.767. The first-order valence-corrected chi connectivity index (χ1v) is 13.3. The van der Waals surface area contributed by atoms with Crippen LogP contribution in [-0.4, -0.2) is 0 Å². The summed E-state index contributed by atoms with van der Waals surface area (Å²) in [6.07, 6.45) is 0.918. The van der Waals surface area contributed by atoms with Gasteiger partial charge >= 0.3 is 0 Å². The molecule has 0 N–H and O–H groups in total. The minimum absolute atomic E-state index is 0.329. The summed E-state index contributed by atoms with van der Waals surface area (Å²) in [4.78, 5) is 0. The molecule has 1 aliphatic rings. The van der Waals surface area contributed by atoms with Gasteiger partial charge in [-0.15, -0.1) is 0 Å². The highest BCUT2D eigenvalue weighted by molar-refractivity contribution is 5.86. The highest BCUT2D eigenvalue weighted by Gasteiger charge is 2.45. The Bertz CT molecular complexity index is 1650. The second kappa shape index (κ2) is 9.32. The zero-order valence-corrected chi connectivity index (χ0v) is 21.2. The van der Waals surface area contributed by atoms with E-state index in [4.69, 9.17) is 0 Å². The molecule has 0 radical (unpaired) electrons. The zero-order chi connectivity index (χ0) is 25.4. The third-order valence-corrected chi connectivity index (χ3v) is 8.02. The van der Waals surface area contributed by atoms with Crippen molar-refractivity contribution in [3.63, 3.8) is 0 Å². The van der Waals surface area contributed by atoms with E-state index in [9.17, 15) is 0 Å². The highest BCUT2D eigenvalue weighted by atomic mass is 14.5. The van der Waals surface area contributed by atoms with Crippen LogP contribution in [0.15, 0.2) is 158 Å². The molecule has 0 bridgehead atoms. The molecular formula is C38H28. The molecule has 0 fully saturated rings. The van der Waals surface area contributed by atoms with E-state index in [1.807, 2.05) is 0 Å². The van der Waals surface area contributed by atoms with E-state index in [0.29, 0.717) is 0 Å². The average molecular weight is 485 g/mol. The molecule has 6 aromatic rings. The fraction of sp³-hybridized carbons (Fsp3) is 0.0526. The summed E-state index contributed by atoms with van der Waals surface area (Å²) in [5.41, 5.74) is 12.8. The highest BCUT2D eigenvalue weighted by Crippen LogP contribution is 2.55. The van der Waals surface area contributed by atoms with Crippen LogP contribution in [0.2, 0.25) is 0 Å². The normalized spacial score (nSPS) is 13.1. The standard InChI is InChI=1S/C38H28/c1-3-11-30(12-4-1)31-23-19-28(20-24-31)27-29-21-25-33(26-22-29)38(32-13-5-2-6-14-32)36-17-9-7-15-34(36)35-16-8-10-18-37(35)38/h1-26H,27H2. The van der Waals surface area contributed by atoms with E-state index in [2.05, 4.69) is 158 Å². The maximum absolute atomic E-state index is 2.35. The van der Waals surface area contributed by atoms with E-state index in [1.165, 1.54) is 55.6 Å². The molecule has 1 aliphatic carbocycles. The van der Waals surface area contributed by atoms with Crippen LogP contribution >= 0.6 is 0 Å². The predicted octanol–water partition coefficient (Wildman–Crippen LogP) is 9.31. The molecule has 0 saturated carbocycles. The van der Waals surface area contributed by atoms with Crippen molar-refractivity contribution in [1.29, 1.82) is 0 Å². The maximum atomic E-state index is 2.35. The van der Waals surface area contributed by atoms with Gasteiger partial charge in [-0.2, -0.15) is 0 Å². The number of hydrogen-bond acceptors (Lipinski definition) is 0. The minimum atomic E-state index is -0.329. The van der Waals surface area contributed by atoms with Crippen LogP contribution in [0.25, 0.3) is 22.3 Å². The molecule has 7 rings (SSSR count). The van der Waals surface area contributed by atoms with E-state index >= 15 is 0 Å². The Morgan fingerprint density at radius 2 is 0.763 bits per heavy atom. The van der Waals surface area contributed by atoms with Crippen LogP contribution in [0, 0.1) is 0 Å². The Hall–Kier alpha value is -4.68. The van der Waals surface area contributed by atoms with Crippen molar-refractivity contribution >= 4 is 0 Å². The van der Waals surface area contributed by atoms with Crippen molar-refractivity contribution in [2.24, 2.45) is 0 Å². The van der Waals surface area contributed by atoms with Crippen LogP contribution < -0.4 is 0 Å². The molecule has 0 amide bonds. The summed E-state index contributed by atoms with van der Waals surface area (Å²) in [6.45, 7) is 0. The van der Waals surface area contributed by atoms with Crippen molar-refractivity contribution in [2.75, 3.05) is 0 Å². The molecule has 38 heavy (non-hydrogen) atoms. The lowest BCUT2D eigenvalue weighted by Crippen LogP contribution is -2.28. The fourth-order valence-electron chi connectivity index (χ4n) is 6.27. The van der Waals surface area contributed by atoms with Crippen molar-refractivity contribution < 1.29 is 0 Å². The van der Waals surface area contributed by atoms with Crippen LogP contribution in [0.1, 0.15) is 33.4 Å². The fourth-order valence-corrected chi connectivity index (χ4v) is 6.27. The van der Waals surface area contributed by atoms with E-state index < -0.39 is 0 Å². The average Bonchev–Trinajstić information content (AvgIpc) is 3.30. The predicted molar refractivity (Wildman–Crippen MR) is 158 cm³/mol. The lowest BCUT2D eigenvalue weighted by Gasteiger charge is -2.34. The second-order valence-electron chi connectivity index (χ2n) is 10.1. The molecule has 0 unspecified atom stereocenters. The van der Waals surface area contributed by atoms with Gasteiger partial charge in [0.2, 0.25) is 0 Å². The van der Waals surface area contributed by atoms with Crippen LogP contribution in [0.5, 0.6) is 0 Å². The molecule has 0 aliphatic heterocycles.